The Kier molecular flexibility index (Phi) is 3.93. The van der Waals surface area contributed by atoms with Crippen LogP contribution in [-0.4, -0.2) is 15.6 Å². The van der Waals surface area contributed by atoms with E-state index >= 15 is 0 Å². The van der Waals surface area contributed by atoms with Crippen molar-refractivity contribution in [1.29, 1.82) is 5.26 Å². The Morgan fingerprint density at radius 2 is 2.26 bits per heavy atom. The summed E-state index contributed by atoms with van der Waals surface area (Å²) < 4.78 is 15.3. The molecule has 2 rings (SSSR count). The quantitative estimate of drug-likeness (QED) is 0.909. The van der Waals surface area contributed by atoms with Gasteiger partial charge in [0.1, 0.15) is 11.6 Å². The number of benzene rings is 1. The molecule has 1 unspecified atom stereocenters. The first kappa shape index (κ1) is 13.2. The molecule has 0 radical (unpaired) electrons. The zero-order valence-electron chi connectivity index (χ0n) is 10.7. The highest BCUT2D eigenvalue weighted by Crippen LogP contribution is 2.12. The number of nitrogens with zero attached hydrogens (tertiary/aromatic N) is 3. The molecule has 4 nitrogen and oxygen atoms in total. The molecule has 0 saturated heterocycles. The van der Waals surface area contributed by atoms with Crippen LogP contribution in [-0.2, 0) is 13.0 Å². The fraction of sp³-hybridized carbons (Fsp3) is 0.286. The van der Waals surface area contributed by atoms with Crippen molar-refractivity contribution < 1.29 is 4.39 Å². The molecule has 0 aliphatic rings. The van der Waals surface area contributed by atoms with Crippen LogP contribution in [0.5, 0.6) is 0 Å². The number of imidazole rings is 1. The molecule has 0 spiro atoms. The van der Waals surface area contributed by atoms with E-state index in [2.05, 4.69) is 4.98 Å². The minimum Gasteiger partial charge on any atom is -0.330 e. The SMILES string of the molecule is CC(N)Cc1nccn1Cc1cc(F)cc(C#N)c1. The summed E-state index contributed by atoms with van der Waals surface area (Å²) >= 11 is 0. The second-order valence-electron chi connectivity index (χ2n) is 4.61. The van der Waals surface area contributed by atoms with Crippen LogP contribution in [0, 0.1) is 17.1 Å². The molecule has 0 aliphatic heterocycles. The zero-order chi connectivity index (χ0) is 13.8. The van der Waals surface area contributed by atoms with E-state index in [1.54, 1.807) is 12.3 Å². The van der Waals surface area contributed by atoms with E-state index < -0.39 is 5.82 Å². The van der Waals surface area contributed by atoms with Gasteiger partial charge in [-0.05, 0) is 30.7 Å². The molecular weight excluding hydrogens is 243 g/mol. The van der Waals surface area contributed by atoms with Gasteiger partial charge in [-0.3, -0.25) is 0 Å². The molecule has 98 valence electrons. The molecule has 5 heteroatoms. The summed E-state index contributed by atoms with van der Waals surface area (Å²) in [5.74, 6) is 0.459. The summed E-state index contributed by atoms with van der Waals surface area (Å²) in [5.41, 5.74) is 6.82. The van der Waals surface area contributed by atoms with Crippen molar-refractivity contribution in [3.63, 3.8) is 0 Å². The highest BCUT2D eigenvalue weighted by molar-refractivity contribution is 5.33. The van der Waals surface area contributed by atoms with Gasteiger partial charge in [0, 0.05) is 31.4 Å². The number of halogens is 1. The third-order valence-corrected chi connectivity index (χ3v) is 2.75. The number of rotatable bonds is 4. The Balaban J connectivity index is 2.24. The zero-order valence-corrected chi connectivity index (χ0v) is 10.7. The van der Waals surface area contributed by atoms with Gasteiger partial charge in [-0.2, -0.15) is 5.26 Å². The van der Waals surface area contributed by atoms with Crippen LogP contribution in [0.4, 0.5) is 4.39 Å². The fourth-order valence-corrected chi connectivity index (χ4v) is 1.96. The molecule has 0 aliphatic carbocycles. The second-order valence-corrected chi connectivity index (χ2v) is 4.61. The predicted octanol–water partition coefficient (Wildman–Crippen LogP) is 1.83. The lowest BCUT2D eigenvalue weighted by Crippen LogP contribution is -2.20. The Morgan fingerprint density at radius 3 is 2.95 bits per heavy atom. The highest BCUT2D eigenvalue weighted by Gasteiger charge is 2.07. The number of nitriles is 1. The number of hydrogen-bond donors (Lipinski definition) is 1. The smallest absolute Gasteiger partial charge is 0.124 e. The van der Waals surface area contributed by atoms with E-state index in [0.29, 0.717) is 18.5 Å². The van der Waals surface area contributed by atoms with Gasteiger partial charge in [0.2, 0.25) is 0 Å². The maximum absolute atomic E-state index is 13.4. The summed E-state index contributed by atoms with van der Waals surface area (Å²) in [6, 6.07) is 6.30. The third kappa shape index (κ3) is 3.39. The molecule has 1 atom stereocenters. The van der Waals surface area contributed by atoms with Crippen LogP contribution >= 0.6 is 0 Å². The van der Waals surface area contributed by atoms with Gasteiger partial charge in [0.05, 0.1) is 11.6 Å². The second kappa shape index (κ2) is 5.63. The van der Waals surface area contributed by atoms with Crippen LogP contribution in [0.3, 0.4) is 0 Å². The molecule has 1 heterocycles. The fourth-order valence-electron chi connectivity index (χ4n) is 1.96. The lowest BCUT2D eigenvalue weighted by Gasteiger charge is -2.10. The van der Waals surface area contributed by atoms with Crippen molar-refractivity contribution in [1.82, 2.24) is 9.55 Å². The van der Waals surface area contributed by atoms with E-state index in [1.165, 1.54) is 12.1 Å². The number of nitrogens with two attached hydrogens (primary N) is 1. The normalized spacial score (nSPS) is 12.1. The summed E-state index contributed by atoms with van der Waals surface area (Å²) in [6.07, 6.45) is 4.18. The molecule has 19 heavy (non-hydrogen) atoms. The van der Waals surface area contributed by atoms with Crippen LogP contribution in [0.15, 0.2) is 30.6 Å². The van der Waals surface area contributed by atoms with Crippen molar-refractivity contribution in [2.75, 3.05) is 0 Å². The number of hydrogen-bond acceptors (Lipinski definition) is 3. The topological polar surface area (TPSA) is 67.6 Å². The average molecular weight is 258 g/mol. The molecule has 2 N–H and O–H groups in total. The van der Waals surface area contributed by atoms with E-state index in [1.807, 2.05) is 23.8 Å². The third-order valence-electron chi connectivity index (χ3n) is 2.75. The first-order chi connectivity index (χ1) is 9.08. The largest absolute Gasteiger partial charge is 0.330 e. The molecular formula is C14H15FN4. The highest BCUT2D eigenvalue weighted by atomic mass is 19.1. The van der Waals surface area contributed by atoms with Crippen LogP contribution < -0.4 is 5.73 Å². The van der Waals surface area contributed by atoms with Crippen LogP contribution in [0.1, 0.15) is 23.9 Å². The van der Waals surface area contributed by atoms with E-state index in [-0.39, 0.29) is 6.04 Å². The van der Waals surface area contributed by atoms with Gasteiger partial charge >= 0.3 is 0 Å². The molecule has 0 saturated carbocycles. The van der Waals surface area contributed by atoms with Gasteiger partial charge in [-0.15, -0.1) is 0 Å². The van der Waals surface area contributed by atoms with E-state index in [0.717, 1.165) is 11.4 Å². The first-order valence-electron chi connectivity index (χ1n) is 6.03. The van der Waals surface area contributed by atoms with Gasteiger partial charge in [0.15, 0.2) is 0 Å². The summed E-state index contributed by atoms with van der Waals surface area (Å²) in [6.45, 7) is 2.39. The van der Waals surface area contributed by atoms with E-state index in [9.17, 15) is 4.39 Å². The van der Waals surface area contributed by atoms with Crippen molar-refractivity contribution >= 4 is 0 Å². The monoisotopic (exact) mass is 258 g/mol. The van der Waals surface area contributed by atoms with E-state index in [4.69, 9.17) is 11.0 Å². The van der Waals surface area contributed by atoms with Gasteiger partial charge < -0.3 is 10.3 Å². The Bertz CT molecular complexity index is 610. The molecule has 2 aromatic rings. The lowest BCUT2D eigenvalue weighted by molar-refractivity contribution is 0.617. The van der Waals surface area contributed by atoms with Crippen LogP contribution in [0.2, 0.25) is 0 Å². The molecule has 1 aromatic carbocycles. The maximum Gasteiger partial charge on any atom is 0.124 e. The summed E-state index contributed by atoms with van der Waals surface area (Å²) in [5, 5.41) is 8.83. The van der Waals surface area contributed by atoms with Crippen molar-refractivity contribution in [3.05, 3.63) is 53.4 Å². The van der Waals surface area contributed by atoms with Crippen LogP contribution in [0.25, 0.3) is 0 Å². The van der Waals surface area contributed by atoms with Gasteiger partial charge in [-0.1, -0.05) is 0 Å². The minimum atomic E-state index is -0.400. The standard InChI is InChI=1S/C14H15FN4/c1-10(17)4-14-18-2-3-19(14)9-12-5-11(8-16)6-13(15)7-12/h2-3,5-7,10H,4,9,17H2,1H3. The summed E-state index contributed by atoms with van der Waals surface area (Å²) in [4.78, 5) is 4.24. The Labute approximate surface area is 111 Å². The van der Waals surface area contributed by atoms with Crippen molar-refractivity contribution in [3.8, 4) is 6.07 Å². The molecule has 0 amide bonds. The number of aromatic nitrogens is 2. The lowest BCUT2D eigenvalue weighted by atomic mass is 10.1. The Hall–Kier alpha value is -2.19. The first-order valence-corrected chi connectivity index (χ1v) is 6.03. The molecule has 0 fully saturated rings. The van der Waals surface area contributed by atoms with Crippen molar-refractivity contribution in [2.45, 2.75) is 25.9 Å². The average Bonchev–Trinajstić information content (AvgIpc) is 2.75. The molecule has 1 aromatic heterocycles. The van der Waals surface area contributed by atoms with Gasteiger partial charge in [-0.25, -0.2) is 9.37 Å². The minimum absolute atomic E-state index is 0.0170. The Morgan fingerprint density at radius 1 is 1.47 bits per heavy atom. The maximum atomic E-state index is 13.4. The molecule has 0 bridgehead atoms. The van der Waals surface area contributed by atoms with Gasteiger partial charge in [0.25, 0.3) is 0 Å². The predicted molar refractivity (Wildman–Crippen MR) is 69.8 cm³/mol. The van der Waals surface area contributed by atoms with Crippen molar-refractivity contribution in [2.24, 2.45) is 5.73 Å². The summed E-state index contributed by atoms with van der Waals surface area (Å²) in [7, 11) is 0.